The summed E-state index contributed by atoms with van der Waals surface area (Å²) in [6, 6.07) is 3.18. The summed E-state index contributed by atoms with van der Waals surface area (Å²) in [5.41, 5.74) is -0.105. The summed E-state index contributed by atoms with van der Waals surface area (Å²) in [6.07, 6.45) is -0.577. The Hall–Kier alpha value is -2.49. The third-order valence-electron chi connectivity index (χ3n) is 7.08. The van der Waals surface area contributed by atoms with Crippen molar-refractivity contribution in [3.05, 3.63) is 40.9 Å². The van der Waals surface area contributed by atoms with Gasteiger partial charge in [0.05, 0.1) is 11.3 Å². The Morgan fingerprint density at radius 1 is 1.22 bits per heavy atom. The molecule has 5 nitrogen and oxygen atoms in total. The summed E-state index contributed by atoms with van der Waals surface area (Å²) in [6.45, 7) is 6.17. The minimum atomic E-state index is -4.67. The lowest BCUT2D eigenvalue weighted by Crippen LogP contribution is -2.45. The highest BCUT2D eigenvalue weighted by atomic mass is 19.4. The molecule has 1 saturated heterocycles. The molecule has 198 valence electrons. The molecule has 4 rings (SSSR count). The fraction of sp³-hybridized carbons (Fsp3) is 0.615. The van der Waals surface area contributed by atoms with E-state index in [9.17, 15) is 26.7 Å². The van der Waals surface area contributed by atoms with Gasteiger partial charge < -0.3 is 14.5 Å². The first-order valence-corrected chi connectivity index (χ1v) is 12.3. The van der Waals surface area contributed by atoms with E-state index in [1.165, 1.54) is 16.5 Å². The van der Waals surface area contributed by atoms with E-state index >= 15 is 0 Å². The van der Waals surface area contributed by atoms with Crippen LogP contribution in [0.15, 0.2) is 18.2 Å². The van der Waals surface area contributed by atoms with Crippen molar-refractivity contribution in [2.24, 2.45) is 5.92 Å². The molecule has 2 aliphatic rings. The topological polar surface area (TPSA) is 55.6 Å². The number of carbonyl (C=O) groups is 1. The van der Waals surface area contributed by atoms with E-state index < -0.39 is 17.8 Å². The summed E-state index contributed by atoms with van der Waals surface area (Å²) in [5, 5.41) is 2.95. The van der Waals surface area contributed by atoms with E-state index in [4.69, 9.17) is 4.74 Å². The smallest absolute Gasteiger partial charge is 0.375 e. The Morgan fingerprint density at radius 2 is 1.92 bits per heavy atom. The maximum Gasteiger partial charge on any atom is 0.435 e. The fourth-order valence-electron chi connectivity index (χ4n) is 5.33. The van der Waals surface area contributed by atoms with Gasteiger partial charge in [0.2, 0.25) is 11.8 Å². The Morgan fingerprint density at radius 3 is 2.56 bits per heavy atom. The third kappa shape index (κ3) is 6.25. The molecule has 1 saturated carbocycles. The summed E-state index contributed by atoms with van der Waals surface area (Å²) < 4.78 is 75.8. The zero-order valence-corrected chi connectivity index (χ0v) is 20.7. The zero-order valence-electron chi connectivity index (χ0n) is 20.7. The number of aryl methyl sites for hydroxylation is 1. The van der Waals surface area contributed by atoms with Gasteiger partial charge in [-0.15, -0.1) is 0 Å². The summed E-state index contributed by atoms with van der Waals surface area (Å²) in [7, 11) is 0. The number of aromatic nitrogens is 2. The molecule has 2 aromatic heterocycles. The van der Waals surface area contributed by atoms with Gasteiger partial charge in [-0.1, -0.05) is 0 Å². The number of alkyl halides is 5. The lowest BCUT2D eigenvalue weighted by atomic mass is 9.83. The first kappa shape index (κ1) is 26.6. The number of nitrogens with zero attached hydrogens (tertiary/aromatic N) is 2. The monoisotopic (exact) mass is 513 g/mol. The van der Waals surface area contributed by atoms with Crippen molar-refractivity contribution in [1.29, 1.82) is 0 Å². The van der Waals surface area contributed by atoms with Gasteiger partial charge in [0, 0.05) is 37.3 Å². The van der Waals surface area contributed by atoms with Gasteiger partial charge in [-0.25, -0.2) is 13.8 Å². The van der Waals surface area contributed by atoms with Gasteiger partial charge in [0.25, 0.3) is 0 Å². The van der Waals surface area contributed by atoms with E-state index in [-0.39, 0.29) is 66.9 Å². The molecule has 1 atom stereocenters. The number of nitrogens with one attached hydrogen (secondary N) is 1. The van der Waals surface area contributed by atoms with Crippen molar-refractivity contribution >= 4 is 17.6 Å². The van der Waals surface area contributed by atoms with Crippen LogP contribution in [0.2, 0.25) is 0 Å². The largest absolute Gasteiger partial charge is 0.435 e. The highest BCUT2D eigenvalue weighted by molar-refractivity contribution is 5.92. The Labute approximate surface area is 207 Å². The molecule has 1 aliphatic carbocycles. The molecular weight excluding hydrogens is 481 g/mol. The van der Waals surface area contributed by atoms with Crippen LogP contribution in [-0.2, 0) is 22.1 Å². The second-order valence-corrected chi connectivity index (χ2v) is 10.7. The molecule has 0 bridgehead atoms. The molecule has 1 amide bonds. The SMILES string of the molecule is Cc1cc(/C=C/C(=O)NC2CCOC(C)(C)C2)cc2nc(C(F)(F)F)c(CC3CCC(F)(F)CC3)n12. The molecule has 36 heavy (non-hydrogen) atoms. The normalized spacial score (nSPS) is 22.8. The minimum absolute atomic E-state index is 0.000575. The number of ether oxygens (including phenoxy) is 1. The van der Waals surface area contributed by atoms with Crippen LogP contribution in [0.5, 0.6) is 0 Å². The van der Waals surface area contributed by atoms with Crippen molar-refractivity contribution in [1.82, 2.24) is 14.7 Å². The molecule has 1 aliphatic heterocycles. The van der Waals surface area contributed by atoms with Gasteiger partial charge in [-0.05, 0) is 82.6 Å². The number of hydrogen-bond donors (Lipinski definition) is 1. The predicted molar refractivity (Wildman–Crippen MR) is 126 cm³/mol. The maximum atomic E-state index is 13.9. The third-order valence-corrected chi connectivity index (χ3v) is 7.08. The maximum absolute atomic E-state index is 13.9. The van der Waals surface area contributed by atoms with Crippen LogP contribution < -0.4 is 5.32 Å². The molecule has 2 aromatic rings. The summed E-state index contributed by atoms with van der Waals surface area (Å²) in [4.78, 5) is 16.3. The van der Waals surface area contributed by atoms with Gasteiger partial charge in [0.15, 0.2) is 5.69 Å². The standard InChI is InChI=1S/C26H32F5N3O2/c1-16-12-18(4-5-22(35)32-19-8-11-36-24(2,3)15-19)14-21-33-23(26(29,30)31)20(34(16)21)13-17-6-9-25(27,28)10-7-17/h4-5,12,14,17,19H,6-11,13,15H2,1-3H3,(H,32,35)/b5-4+. The lowest BCUT2D eigenvalue weighted by Gasteiger charge is -2.35. The summed E-state index contributed by atoms with van der Waals surface area (Å²) >= 11 is 0. The van der Waals surface area contributed by atoms with Crippen molar-refractivity contribution in [2.75, 3.05) is 6.61 Å². The molecule has 2 fully saturated rings. The van der Waals surface area contributed by atoms with Crippen LogP contribution in [0.3, 0.4) is 0 Å². The zero-order chi connectivity index (χ0) is 26.3. The molecule has 3 heterocycles. The predicted octanol–water partition coefficient (Wildman–Crippen LogP) is 6.12. The molecule has 1 N–H and O–H groups in total. The quantitative estimate of drug-likeness (QED) is 0.387. The average Bonchev–Trinajstić information content (AvgIpc) is 3.12. The van der Waals surface area contributed by atoms with Gasteiger partial charge in [-0.2, -0.15) is 13.2 Å². The van der Waals surface area contributed by atoms with E-state index in [1.54, 1.807) is 19.1 Å². The number of imidazole rings is 1. The fourth-order valence-corrected chi connectivity index (χ4v) is 5.33. The van der Waals surface area contributed by atoms with Crippen LogP contribution >= 0.6 is 0 Å². The van der Waals surface area contributed by atoms with Crippen LogP contribution in [0, 0.1) is 12.8 Å². The number of halogens is 5. The van der Waals surface area contributed by atoms with Crippen LogP contribution in [-0.4, -0.2) is 39.5 Å². The molecule has 0 radical (unpaired) electrons. The van der Waals surface area contributed by atoms with Crippen LogP contribution in [0.25, 0.3) is 11.7 Å². The van der Waals surface area contributed by atoms with Gasteiger partial charge in [-0.3, -0.25) is 4.79 Å². The van der Waals surface area contributed by atoms with E-state index in [1.807, 2.05) is 13.8 Å². The average molecular weight is 514 g/mol. The molecular formula is C26H32F5N3O2. The Bertz CT molecular complexity index is 1140. The Balaban J connectivity index is 1.55. The number of rotatable bonds is 5. The van der Waals surface area contributed by atoms with Crippen molar-refractivity contribution < 1.29 is 31.5 Å². The highest BCUT2D eigenvalue weighted by Crippen LogP contribution is 2.40. The first-order valence-electron chi connectivity index (χ1n) is 12.3. The van der Waals surface area contributed by atoms with Gasteiger partial charge >= 0.3 is 6.18 Å². The number of amides is 1. The van der Waals surface area contributed by atoms with Crippen molar-refractivity contribution in [2.45, 2.75) is 89.5 Å². The highest BCUT2D eigenvalue weighted by Gasteiger charge is 2.40. The molecule has 1 unspecified atom stereocenters. The number of carbonyl (C=O) groups excluding carboxylic acids is 1. The van der Waals surface area contributed by atoms with E-state index in [2.05, 4.69) is 10.3 Å². The van der Waals surface area contributed by atoms with Crippen LogP contribution in [0.1, 0.15) is 75.0 Å². The van der Waals surface area contributed by atoms with Gasteiger partial charge in [0.1, 0.15) is 5.65 Å². The minimum Gasteiger partial charge on any atom is -0.375 e. The second kappa shape index (κ2) is 9.76. The molecule has 0 spiro atoms. The van der Waals surface area contributed by atoms with E-state index in [0.29, 0.717) is 30.7 Å². The van der Waals surface area contributed by atoms with Crippen molar-refractivity contribution in [3.63, 3.8) is 0 Å². The first-order chi connectivity index (χ1) is 16.7. The number of fused-ring (bicyclic) bond motifs is 1. The van der Waals surface area contributed by atoms with Crippen LogP contribution in [0.4, 0.5) is 22.0 Å². The number of hydrogen-bond acceptors (Lipinski definition) is 3. The lowest BCUT2D eigenvalue weighted by molar-refractivity contribution is -0.141. The molecule has 0 aromatic carbocycles. The summed E-state index contributed by atoms with van der Waals surface area (Å²) in [5.74, 6) is -3.29. The second-order valence-electron chi connectivity index (χ2n) is 10.7. The number of pyridine rings is 1. The Kier molecular flexibility index (Phi) is 7.20. The van der Waals surface area contributed by atoms with Crippen molar-refractivity contribution in [3.8, 4) is 0 Å². The van der Waals surface area contributed by atoms with E-state index in [0.717, 1.165) is 0 Å². The molecule has 10 heteroatoms.